The van der Waals surface area contributed by atoms with Crippen LogP contribution < -0.4 is 15.0 Å². The average Bonchev–Trinajstić information content (AvgIpc) is 3.68. The maximum Gasteiger partial charge on any atom is 0.275 e. The highest BCUT2D eigenvalue weighted by atomic mass is 35.5. The van der Waals surface area contributed by atoms with Crippen LogP contribution in [0, 0.1) is 0 Å². The fourth-order valence-electron chi connectivity index (χ4n) is 4.40. The number of ketones is 1. The second kappa shape index (κ2) is 8.61. The molecule has 0 aliphatic heterocycles. The summed E-state index contributed by atoms with van der Waals surface area (Å²) in [7, 11) is 3.16. The molecule has 1 heterocycles. The molecule has 3 aromatic carbocycles. The zero-order valence-electron chi connectivity index (χ0n) is 18.9. The molecular weight excluding hydrogens is 452 g/mol. The number of benzene rings is 3. The first-order valence-electron chi connectivity index (χ1n) is 11.0. The standard InChI is InChI=1S/C27H23ClN2O4/c1-33-20-8-6-18(7-9-20)27(12-13-27)24(31)16-30-26(32)23-15-21(34-2)10-11-22(23)25(29-30)17-4-3-5-19(28)14-17/h3-11,14-15H,12-13,16H2,1-2H3. The van der Waals surface area contributed by atoms with Crippen LogP contribution in [0.4, 0.5) is 0 Å². The molecule has 1 saturated carbocycles. The normalized spacial score (nSPS) is 14.1. The molecule has 6 nitrogen and oxygen atoms in total. The number of nitrogens with zero attached hydrogens (tertiary/aromatic N) is 2. The summed E-state index contributed by atoms with van der Waals surface area (Å²) >= 11 is 6.23. The largest absolute Gasteiger partial charge is 0.497 e. The topological polar surface area (TPSA) is 70.4 Å². The van der Waals surface area contributed by atoms with Gasteiger partial charge < -0.3 is 9.47 Å². The van der Waals surface area contributed by atoms with Crippen molar-refractivity contribution in [1.29, 1.82) is 0 Å². The first-order valence-corrected chi connectivity index (χ1v) is 11.4. The number of fused-ring (bicyclic) bond motifs is 1. The zero-order valence-corrected chi connectivity index (χ0v) is 19.6. The molecular formula is C27H23ClN2O4. The Kier molecular flexibility index (Phi) is 5.62. The van der Waals surface area contributed by atoms with Crippen molar-refractivity contribution in [2.45, 2.75) is 24.8 Å². The Morgan fingerprint density at radius 3 is 2.32 bits per heavy atom. The first kappa shape index (κ1) is 22.2. The smallest absolute Gasteiger partial charge is 0.275 e. The minimum Gasteiger partial charge on any atom is -0.497 e. The van der Waals surface area contributed by atoms with Crippen LogP contribution in [0.1, 0.15) is 18.4 Å². The second-order valence-electron chi connectivity index (χ2n) is 8.47. The van der Waals surface area contributed by atoms with Crippen LogP contribution in [0.5, 0.6) is 11.5 Å². The molecule has 1 aliphatic rings. The van der Waals surface area contributed by atoms with Gasteiger partial charge in [-0.15, -0.1) is 0 Å². The number of carbonyl (C=O) groups excluding carboxylic acids is 1. The van der Waals surface area contributed by atoms with Gasteiger partial charge in [0.25, 0.3) is 5.56 Å². The second-order valence-corrected chi connectivity index (χ2v) is 8.90. The van der Waals surface area contributed by atoms with Crippen molar-refractivity contribution in [3.8, 4) is 22.8 Å². The molecule has 0 radical (unpaired) electrons. The van der Waals surface area contributed by atoms with Gasteiger partial charge in [0.1, 0.15) is 18.0 Å². The van der Waals surface area contributed by atoms with E-state index in [2.05, 4.69) is 5.10 Å². The fraction of sp³-hybridized carbons (Fsp3) is 0.222. The molecule has 1 aliphatic carbocycles. The third kappa shape index (κ3) is 3.84. The van der Waals surface area contributed by atoms with Crippen molar-refractivity contribution in [2.24, 2.45) is 0 Å². The van der Waals surface area contributed by atoms with Gasteiger partial charge >= 0.3 is 0 Å². The lowest BCUT2D eigenvalue weighted by Gasteiger charge is -2.17. The first-order chi connectivity index (χ1) is 16.4. The monoisotopic (exact) mass is 474 g/mol. The molecule has 0 spiro atoms. The fourth-order valence-corrected chi connectivity index (χ4v) is 4.59. The van der Waals surface area contributed by atoms with E-state index in [1.54, 1.807) is 38.5 Å². The number of aromatic nitrogens is 2. The zero-order chi connectivity index (χ0) is 23.9. The summed E-state index contributed by atoms with van der Waals surface area (Å²) < 4.78 is 11.8. The van der Waals surface area contributed by atoms with Gasteiger partial charge in [0, 0.05) is 16.0 Å². The van der Waals surface area contributed by atoms with Crippen LogP contribution in [0.15, 0.2) is 71.5 Å². The minimum atomic E-state index is -0.590. The van der Waals surface area contributed by atoms with E-state index >= 15 is 0 Å². The van der Waals surface area contributed by atoms with E-state index < -0.39 is 5.41 Å². The van der Waals surface area contributed by atoms with Gasteiger partial charge in [0.15, 0.2) is 5.78 Å². The summed E-state index contributed by atoms with van der Waals surface area (Å²) in [6, 6.07) is 20.1. The molecule has 5 rings (SSSR count). The van der Waals surface area contributed by atoms with E-state index in [-0.39, 0.29) is 17.9 Å². The Morgan fingerprint density at radius 1 is 0.971 bits per heavy atom. The third-order valence-corrected chi connectivity index (χ3v) is 6.72. The van der Waals surface area contributed by atoms with Crippen LogP contribution in [-0.4, -0.2) is 29.8 Å². The van der Waals surface area contributed by atoms with Crippen LogP contribution >= 0.6 is 11.6 Å². The van der Waals surface area contributed by atoms with Gasteiger partial charge in [-0.25, -0.2) is 4.68 Å². The Hall–Kier alpha value is -3.64. The molecule has 0 bridgehead atoms. The molecule has 0 atom stereocenters. The molecule has 0 N–H and O–H groups in total. The molecule has 34 heavy (non-hydrogen) atoms. The van der Waals surface area contributed by atoms with E-state index in [1.807, 2.05) is 42.5 Å². The number of hydrogen-bond donors (Lipinski definition) is 0. The van der Waals surface area contributed by atoms with Crippen molar-refractivity contribution in [2.75, 3.05) is 14.2 Å². The summed E-state index contributed by atoms with van der Waals surface area (Å²) in [4.78, 5) is 26.9. The number of hydrogen-bond acceptors (Lipinski definition) is 5. The summed E-state index contributed by atoms with van der Waals surface area (Å²) in [5.41, 5.74) is 1.36. The lowest BCUT2D eigenvalue weighted by molar-refractivity contribution is -0.122. The van der Waals surface area contributed by atoms with Gasteiger partial charge in [-0.1, -0.05) is 35.9 Å². The van der Waals surface area contributed by atoms with Crippen LogP contribution in [0.25, 0.3) is 22.0 Å². The molecule has 0 amide bonds. The Bertz CT molecular complexity index is 1460. The lowest BCUT2D eigenvalue weighted by Crippen LogP contribution is -2.32. The molecule has 4 aromatic rings. The van der Waals surface area contributed by atoms with Gasteiger partial charge in [-0.3, -0.25) is 9.59 Å². The van der Waals surface area contributed by atoms with Crippen molar-refractivity contribution < 1.29 is 14.3 Å². The number of carbonyl (C=O) groups is 1. The van der Waals surface area contributed by atoms with Crippen molar-refractivity contribution >= 4 is 28.2 Å². The van der Waals surface area contributed by atoms with Crippen molar-refractivity contribution in [3.05, 3.63) is 87.7 Å². The molecule has 172 valence electrons. The minimum absolute atomic E-state index is 0.0356. The highest BCUT2D eigenvalue weighted by Crippen LogP contribution is 2.49. The Morgan fingerprint density at radius 2 is 1.68 bits per heavy atom. The molecule has 1 fully saturated rings. The maximum atomic E-state index is 13.5. The third-order valence-electron chi connectivity index (χ3n) is 6.49. The average molecular weight is 475 g/mol. The van der Waals surface area contributed by atoms with E-state index in [0.717, 1.165) is 29.7 Å². The van der Waals surface area contributed by atoms with E-state index in [9.17, 15) is 9.59 Å². The van der Waals surface area contributed by atoms with Crippen molar-refractivity contribution in [1.82, 2.24) is 9.78 Å². The molecule has 1 aromatic heterocycles. The highest BCUT2D eigenvalue weighted by molar-refractivity contribution is 6.30. The van der Waals surface area contributed by atoms with Gasteiger partial charge in [0.2, 0.25) is 0 Å². The van der Waals surface area contributed by atoms with Gasteiger partial charge in [-0.2, -0.15) is 5.10 Å². The Labute approximate surface area is 201 Å². The summed E-state index contributed by atoms with van der Waals surface area (Å²) in [6.45, 7) is -0.119. The van der Waals surface area contributed by atoms with Crippen LogP contribution in [0.2, 0.25) is 5.02 Å². The van der Waals surface area contributed by atoms with Gasteiger partial charge in [-0.05, 0) is 60.9 Å². The number of Topliss-reactive ketones (excluding diaryl/α,β-unsaturated/α-hetero) is 1. The van der Waals surface area contributed by atoms with E-state index in [4.69, 9.17) is 21.1 Å². The summed E-state index contributed by atoms with van der Waals surface area (Å²) in [6.07, 6.45) is 1.49. The number of rotatable bonds is 7. The quantitative estimate of drug-likeness (QED) is 0.375. The predicted molar refractivity (Wildman–Crippen MR) is 132 cm³/mol. The van der Waals surface area contributed by atoms with Crippen molar-refractivity contribution in [3.63, 3.8) is 0 Å². The van der Waals surface area contributed by atoms with Gasteiger partial charge in [0.05, 0.1) is 30.7 Å². The summed E-state index contributed by atoms with van der Waals surface area (Å²) in [5.74, 6) is 1.26. The SMILES string of the molecule is COc1ccc(C2(C(=O)Cn3nc(-c4cccc(Cl)c4)c4ccc(OC)cc4c3=O)CC2)cc1. The number of methoxy groups -OCH3 is 2. The van der Waals surface area contributed by atoms with E-state index in [0.29, 0.717) is 27.2 Å². The van der Waals surface area contributed by atoms with Crippen LogP contribution in [0.3, 0.4) is 0 Å². The molecule has 0 saturated heterocycles. The maximum absolute atomic E-state index is 13.5. The Balaban J connectivity index is 1.59. The highest BCUT2D eigenvalue weighted by Gasteiger charge is 2.50. The molecule has 7 heteroatoms. The molecule has 0 unspecified atom stereocenters. The predicted octanol–water partition coefficient (Wildman–Crippen LogP) is 5.04. The van der Waals surface area contributed by atoms with E-state index in [1.165, 1.54) is 4.68 Å². The number of ether oxygens (including phenoxy) is 2. The summed E-state index contributed by atoms with van der Waals surface area (Å²) in [5, 5.41) is 6.31. The van der Waals surface area contributed by atoms with Crippen LogP contribution in [-0.2, 0) is 16.8 Å². The number of halogens is 1. The lowest BCUT2D eigenvalue weighted by atomic mass is 9.91.